The van der Waals surface area contributed by atoms with Gasteiger partial charge in [0.1, 0.15) is 22.9 Å². The molecule has 126 valence electrons. The molecular weight excluding hydrogens is 344 g/mol. The molecule has 1 aromatic carbocycles. The van der Waals surface area contributed by atoms with Crippen LogP contribution in [0.25, 0.3) is 11.4 Å². The van der Waals surface area contributed by atoms with Crippen LogP contribution >= 0.6 is 11.6 Å². The van der Waals surface area contributed by atoms with E-state index in [1.807, 2.05) is 0 Å². The molecule has 0 aliphatic carbocycles. The van der Waals surface area contributed by atoms with Gasteiger partial charge in [-0.1, -0.05) is 16.8 Å². The molecule has 24 heavy (non-hydrogen) atoms. The highest BCUT2D eigenvalue weighted by Gasteiger charge is 2.15. The Labute approximate surface area is 140 Å². The van der Waals surface area contributed by atoms with E-state index >= 15 is 0 Å². The lowest BCUT2D eigenvalue weighted by molar-refractivity contribution is -0.0505. The zero-order chi connectivity index (χ0) is 17.1. The van der Waals surface area contributed by atoms with Crippen LogP contribution in [0.1, 0.15) is 11.3 Å². The van der Waals surface area contributed by atoms with Gasteiger partial charge in [0, 0.05) is 10.6 Å². The van der Waals surface area contributed by atoms with Crippen molar-refractivity contribution in [2.75, 3.05) is 0 Å². The second-order valence-corrected chi connectivity index (χ2v) is 5.20. The van der Waals surface area contributed by atoms with Crippen LogP contribution in [0.2, 0.25) is 5.02 Å². The van der Waals surface area contributed by atoms with E-state index in [1.165, 1.54) is 29.3 Å². The average molecular weight is 356 g/mol. The molecule has 0 aliphatic rings. The monoisotopic (exact) mass is 355 g/mol. The van der Waals surface area contributed by atoms with Gasteiger partial charge in [-0.2, -0.15) is 8.78 Å². The Kier molecular flexibility index (Phi) is 4.72. The topological polar surface area (TPSA) is 92.0 Å². The minimum Gasteiger partial charge on any atom is -0.446 e. The van der Waals surface area contributed by atoms with Gasteiger partial charge < -0.3 is 14.9 Å². The zero-order valence-electron chi connectivity index (χ0n) is 12.2. The van der Waals surface area contributed by atoms with Gasteiger partial charge in [0.2, 0.25) is 0 Å². The van der Waals surface area contributed by atoms with E-state index in [9.17, 15) is 8.78 Å². The van der Waals surface area contributed by atoms with Crippen molar-refractivity contribution in [3.8, 4) is 17.1 Å². The summed E-state index contributed by atoms with van der Waals surface area (Å²) >= 11 is 5.92. The molecule has 0 atom stereocenters. The van der Waals surface area contributed by atoms with E-state index in [4.69, 9.17) is 21.8 Å². The lowest BCUT2D eigenvalue weighted by Crippen LogP contribution is -2.07. The van der Waals surface area contributed by atoms with E-state index in [0.717, 1.165) is 0 Å². The first-order chi connectivity index (χ1) is 11.6. The van der Waals surface area contributed by atoms with Gasteiger partial charge in [-0.3, -0.25) is 0 Å². The maximum atomic E-state index is 12.5. The van der Waals surface area contributed by atoms with Crippen LogP contribution in [-0.4, -0.2) is 26.6 Å². The van der Waals surface area contributed by atoms with Crippen molar-refractivity contribution in [2.45, 2.75) is 19.7 Å². The molecule has 10 heteroatoms. The second kappa shape index (κ2) is 6.93. The van der Waals surface area contributed by atoms with Crippen LogP contribution in [-0.2, 0) is 13.1 Å². The van der Waals surface area contributed by atoms with Crippen LogP contribution in [0, 0.1) is 0 Å². The summed E-state index contributed by atoms with van der Waals surface area (Å²) in [5.74, 6) is 0.502. The average Bonchev–Trinajstić information content (AvgIpc) is 3.17. The summed E-state index contributed by atoms with van der Waals surface area (Å²) in [6, 6.07) is 4.38. The molecule has 2 N–H and O–H groups in total. The maximum absolute atomic E-state index is 12.5. The molecule has 0 radical (unpaired) electrons. The first kappa shape index (κ1) is 16.3. The molecule has 0 fully saturated rings. The molecule has 0 bridgehead atoms. The molecule has 0 aliphatic heterocycles. The maximum Gasteiger partial charge on any atom is 0.387 e. The number of nitrogens with two attached hydrogens (primary N) is 1. The summed E-state index contributed by atoms with van der Waals surface area (Å²) in [6.45, 7) is -2.62. The van der Waals surface area contributed by atoms with Gasteiger partial charge in [-0.15, -0.1) is 5.10 Å². The number of nitrogens with zero attached hydrogens (tertiary/aromatic N) is 4. The smallest absolute Gasteiger partial charge is 0.387 e. The number of rotatable bonds is 6. The number of benzene rings is 1. The lowest BCUT2D eigenvalue weighted by Gasteiger charge is -2.10. The van der Waals surface area contributed by atoms with Gasteiger partial charge in [-0.25, -0.2) is 9.67 Å². The highest BCUT2D eigenvalue weighted by molar-refractivity contribution is 6.30. The number of ether oxygens (including phenoxy) is 1. The Morgan fingerprint density at radius 2 is 2.21 bits per heavy atom. The van der Waals surface area contributed by atoms with E-state index in [-0.39, 0.29) is 18.8 Å². The van der Waals surface area contributed by atoms with Crippen LogP contribution in [0.15, 0.2) is 35.2 Å². The predicted octanol–water partition coefficient (Wildman–Crippen LogP) is 2.69. The Hall–Kier alpha value is -2.52. The van der Waals surface area contributed by atoms with Gasteiger partial charge in [0.25, 0.3) is 0 Å². The molecule has 3 rings (SSSR count). The van der Waals surface area contributed by atoms with E-state index in [0.29, 0.717) is 27.7 Å². The minimum absolute atomic E-state index is 0.0236. The molecule has 0 saturated heterocycles. The fourth-order valence-corrected chi connectivity index (χ4v) is 2.36. The fourth-order valence-electron chi connectivity index (χ4n) is 2.17. The number of aromatic nitrogens is 4. The van der Waals surface area contributed by atoms with E-state index < -0.39 is 6.61 Å². The largest absolute Gasteiger partial charge is 0.446 e. The molecule has 0 saturated carbocycles. The number of alkyl halides is 2. The van der Waals surface area contributed by atoms with Crippen molar-refractivity contribution in [3.05, 3.63) is 47.1 Å². The highest BCUT2D eigenvalue weighted by Crippen LogP contribution is 2.26. The Morgan fingerprint density at radius 1 is 1.38 bits per heavy atom. The standard InChI is InChI=1S/C14H12ClF2N5O2/c15-9-1-2-11(24-14(16)17)8(3-9)5-22-6-10(20-21-22)13-12(4-18)23-7-19-13/h1-3,6-7,14H,4-5,18H2. The zero-order valence-corrected chi connectivity index (χ0v) is 13.0. The number of hydrogen-bond donors (Lipinski definition) is 1. The Morgan fingerprint density at radius 3 is 2.96 bits per heavy atom. The van der Waals surface area contributed by atoms with Gasteiger partial charge in [0.15, 0.2) is 6.39 Å². The van der Waals surface area contributed by atoms with Crippen LogP contribution in [0.3, 0.4) is 0 Å². The third-order valence-corrected chi connectivity index (χ3v) is 3.41. The van der Waals surface area contributed by atoms with Crippen LogP contribution in [0.4, 0.5) is 8.78 Å². The third kappa shape index (κ3) is 3.52. The Bertz CT molecular complexity index is 836. The molecule has 7 nitrogen and oxygen atoms in total. The Balaban J connectivity index is 1.86. The summed E-state index contributed by atoms with van der Waals surface area (Å²) < 4.78 is 36.1. The van der Waals surface area contributed by atoms with Crippen LogP contribution in [0.5, 0.6) is 5.75 Å². The van der Waals surface area contributed by atoms with Crippen molar-refractivity contribution >= 4 is 11.6 Å². The molecule has 2 heterocycles. The third-order valence-electron chi connectivity index (χ3n) is 3.18. The molecule has 0 unspecified atom stereocenters. The lowest BCUT2D eigenvalue weighted by atomic mass is 10.2. The molecular formula is C14H12ClF2N5O2. The SMILES string of the molecule is NCc1ocnc1-c1cn(Cc2cc(Cl)ccc2OC(F)F)nn1. The number of hydrogen-bond acceptors (Lipinski definition) is 6. The number of oxazole rings is 1. The summed E-state index contributed by atoms with van der Waals surface area (Å²) in [6.07, 6.45) is 2.87. The van der Waals surface area contributed by atoms with Crippen LogP contribution < -0.4 is 10.5 Å². The number of halogens is 3. The van der Waals surface area contributed by atoms with Crippen molar-refractivity contribution in [1.82, 2.24) is 20.0 Å². The summed E-state index contributed by atoms with van der Waals surface area (Å²) in [4.78, 5) is 4.04. The van der Waals surface area contributed by atoms with Crippen molar-refractivity contribution < 1.29 is 17.9 Å². The van der Waals surface area contributed by atoms with E-state index in [1.54, 1.807) is 6.20 Å². The molecule has 3 aromatic rings. The van der Waals surface area contributed by atoms with Gasteiger partial charge in [0.05, 0.1) is 19.3 Å². The first-order valence-corrected chi connectivity index (χ1v) is 7.20. The summed E-state index contributed by atoms with van der Waals surface area (Å²) in [5.41, 5.74) is 6.94. The highest BCUT2D eigenvalue weighted by atomic mass is 35.5. The summed E-state index contributed by atoms with van der Waals surface area (Å²) in [7, 11) is 0. The molecule has 0 spiro atoms. The van der Waals surface area contributed by atoms with Crippen molar-refractivity contribution in [2.24, 2.45) is 5.73 Å². The van der Waals surface area contributed by atoms with Crippen molar-refractivity contribution in [1.29, 1.82) is 0 Å². The predicted molar refractivity (Wildman–Crippen MR) is 80.6 cm³/mol. The fraction of sp³-hybridized carbons (Fsp3) is 0.214. The summed E-state index contributed by atoms with van der Waals surface area (Å²) in [5, 5.41) is 8.34. The minimum atomic E-state index is -2.93. The first-order valence-electron chi connectivity index (χ1n) is 6.83. The van der Waals surface area contributed by atoms with E-state index in [2.05, 4.69) is 20.0 Å². The van der Waals surface area contributed by atoms with Crippen molar-refractivity contribution in [3.63, 3.8) is 0 Å². The van der Waals surface area contributed by atoms with Gasteiger partial charge >= 0.3 is 6.61 Å². The quantitative estimate of drug-likeness (QED) is 0.731. The second-order valence-electron chi connectivity index (χ2n) is 4.76. The molecule has 2 aromatic heterocycles. The van der Waals surface area contributed by atoms with Gasteiger partial charge in [-0.05, 0) is 18.2 Å². The molecule has 0 amide bonds. The normalized spacial score (nSPS) is 11.2.